The lowest BCUT2D eigenvalue weighted by Gasteiger charge is -2.13. The Bertz CT molecular complexity index is 543. The molecule has 1 rings (SSSR count). The number of unbranched alkanes of at least 4 members (excludes halogenated alkanes) is 6. The van der Waals surface area contributed by atoms with Crippen LogP contribution < -0.4 is 8.92 Å². The van der Waals surface area contributed by atoms with E-state index in [0.717, 1.165) is 17.1 Å². The van der Waals surface area contributed by atoms with Crippen molar-refractivity contribution >= 4 is 10.3 Å². The number of benzene rings is 1. The highest BCUT2D eigenvalue weighted by atomic mass is 32.2. The molecule has 0 atom stereocenters. The fourth-order valence-electron chi connectivity index (χ4n) is 2.06. The molecule has 0 saturated carbocycles. The van der Waals surface area contributed by atoms with E-state index in [0.29, 0.717) is 12.4 Å². The number of rotatable bonds is 12. The summed E-state index contributed by atoms with van der Waals surface area (Å²) in [5.41, 5.74) is 0. The van der Waals surface area contributed by atoms with Gasteiger partial charge in [0.25, 0.3) is 0 Å². The van der Waals surface area contributed by atoms with Gasteiger partial charge >= 0.3 is 10.3 Å². The topological polar surface area (TPSA) is 55.8 Å². The van der Waals surface area contributed by atoms with E-state index < -0.39 is 10.3 Å². The summed E-state index contributed by atoms with van der Waals surface area (Å²) >= 11 is 0. The van der Waals surface area contributed by atoms with Gasteiger partial charge in [0.15, 0.2) is 0 Å². The van der Waals surface area contributed by atoms with Crippen molar-refractivity contribution in [2.24, 2.45) is 0 Å². The summed E-state index contributed by atoms with van der Waals surface area (Å²) in [6.07, 6.45) is 8.61. The third-order valence-electron chi connectivity index (χ3n) is 3.47. The van der Waals surface area contributed by atoms with Crippen LogP contribution in [0.3, 0.4) is 0 Å². The summed E-state index contributed by atoms with van der Waals surface area (Å²) in [6.45, 7) is 2.85. The molecule has 6 heteroatoms. The minimum absolute atomic E-state index is 0.260. The van der Waals surface area contributed by atoms with Gasteiger partial charge in [0.2, 0.25) is 0 Å². The minimum Gasteiger partial charge on any atom is -0.493 e. The molecule has 23 heavy (non-hydrogen) atoms. The van der Waals surface area contributed by atoms with E-state index in [1.807, 2.05) is 0 Å². The zero-order valence-electron chi connectivity index (χ0n) is 14.5. The van der Waals surface area contributed by atoms with Crippen molar-refractivity contribution in [2.75, 3.05) is 20.7 Å². The normalized spacial score (nSPS) is 11.7. The third-order valence-corrected chi connectivity index (χ3v) is 4.77. The second-order valence-electron chi connectivity index (χ2n) is 5.77. The van der Waals surface area contributed by atoms with Crippen molar-refractivity contribution in [3.05, 3.63) is 24.3 Å². The van der Waals surface area contributed by atoms with Crippen LogP contribution in [-0.2, 0) is 10.3 Å². The zero-order valence-corrected chi connectivity index (χ0v) is 15.3. The summed E-state index contributed by atoms with van der Waals surface area (Å²) in [5, 5.41) is 0. The van der Waals surface area contributed by atoms with Crippen LogP contribution in [0.2, 0.25) is 0 Å². The number of hydrogen-bond acceptors (Lipinski definition) is 4. The van der Waals surface area contributed by atoms with Gasteiger partial charge < -0.3 is 8.92 Å². The van der Waals surface area contributed by atoms with Crippen molar-refractivity contribution in [3.8, 4) is 11.5 Å². The predicted molar refractivity (Wildman–Crippen MR) is 93.2 cm³/mol. The monoisotopic (exact) mass is 343 g/mol. The lowest BCUT2D eigenvalue weighted by molar-refractivity contribution is 0.303. The maximum absolute atomic E-state index is 11.7. The number of nitrogens with zero attached hydrogens (tertiary/aromatic N) is 1. The molecule has 0 unspecified atom stereocenters. The maximum atomic E-state index is 11.7. The fraction of sp³-hybridized carbons (Fsp3) is 0.647. The molecule has 0 amide bonds. The van der Waals surface area contributed by atoms with Crippen LogP contribution in [0.1, 0.15) is 51.9 Å². The Labute approximate surface area is 140 Å². The van der Waals surface area contributed by atoms with Crippen LogP contribution in [0.25, 0.3) is 0 Å². The quantitative estimate of drug-likeness (QED) is 0.538. The second kappa shape index (κ2) is 10.5. The fourth-order valence-corrected chi connectivity index (χ4v) is 2.56. The van der Waals surface area contributed by atoms with Crippen LogP contribution in [0, 0.1) is 0 Å². The first-order chi connectivity index (χ1) is 11.0. The zero-order chi connectivity index (χ0) is 17.1. The van der Waals surface area contributed by atoms with Gasteiger partial charge in [-0.2, -0.15) is 12.7 Å². The minimum atomic E-state index is -3.73. The lowest BCUT2D eigenvalue weighted by atomic mass is 10.1. The molecule has 1 aromatic carbocycles. The van der Waals surface area contributed by atoms with Gasteiger partial charge in [-0.1, -0.05) is 51.5 Å². The van der Waals surface area contributed by atoms with Gasteiger partial charge in [-0.25, -0.2) is 0 Å². The highest BCUT2D eigenvalue weighted by Gasteiger charge is 2.15. The van der Waals surface area contributed by atoms with Gasteiger partial charge in [-0.05, 0) is 18.6 Å². The molecule has 1 aromatic rings. The first-order valence-corrected chi connectivity index (χ1v) is 9.67. The first kappa shape index (κ1) is 19.8. The Morgan fingerprint density at radius 1 is 0.957 bits per heavy atom. The highest BCUT2D eigenvalue weighted by molar-refractivity contribution is 7.84. The van der Waals surface area contributed by atoms with Crippen LogP contribution >= 0.6 is 0 Å². The van der Waals surface area contributed by atoms with Crippen molar-refractivity contribution in [2.45, 2.75) is 51.9 Å². The molecule has 0 bridgehead atoms. The van der Waals surface area contributed by atoms with Gasteiger partial charge in [0.1, 0.15) is 11.5 Å². The number of hydrogen-bond donors (Lipinski definition) is 0. The Morgan fingerprint density at radius 2 is 1.57 bits per heavy atom. The summed E-state index contributed by atoms with van der Waals surface area (Å²) in [4.78, 5) is 0. The standard InChI is InChI=1S/C17H29NO4S/c1-4-5-6-7-8-9-10-14-21-16-12-11-13-17(15-16)22-23(19,20)18(2)3/h11-13,15H,4-10,14H2,1-3H3. The molecule has 0 aliphatic heterocycles. The second-order valence-corrected chi connectivity index (χ2v) is 7.52. The van der Waals surface area contributed by atoms with Gasteiger partial charge in [-0.3, -0.25) is 0 Å². The molecule has 0 N–H and O–H groups in total. The average Bonchev–Trinajstić information content (AvgIpc) is 2.50. The van der Waals surface area contributed by atoms with Crippen LogP contribution in [0.5, 0.6) is 11.5 Å². The van der Waals surface area contributed by atoms with E-state index in [9.17, 15) is 8.42 Å². The summed E-state index contributed by atoms with van der Waals surface area (Å²) in [7, 11) is -0.877. The SMILES string of the molecule is CCCCCCCCCOc1cccc(OS(=O)(=O)N(C)C)c1. The van der Waals surface area contributed by atoms with Crippen molar-refractivity contribution in [1.82, 2.24) is 4.31 Å². The van der Waals surface area contributed by atoms with E-state index in [-0.39, 0.29) is 5.75 Å². The molecule has 132 valence electrons. The summed E-state index contributed by atoms with van der Waals surface area (Å²) < 4.78 is 35.1. The third kappa shape index (κ3) is 8.23. The molecular weight excluding hydrogens is 314 g/mol. The summed E-state index contributed by atoms with van der Waals surface area (Å²) in [5.74, 6) is 0.887. The van der Waals surface area contributed by atoms with E-state index in [1.165, 1.54) is 46.2 Å². The van der Waals surface area contributed by atoms with E-state index in [1.54, 1.807) is 24.3 Å². The molecule has 0 radical (unpaired) electrons. The molecule has 0 aromatic heterocycles. The van der Waals surface area contributed by atoms with E-state index >= 15 is 0 Å². The molecule has 5 nitrogen and oxygen atoms in total. The van der Waals surface area contributed by atoms with Gasteiger partial charge in [-0.15, -0.1) is 0 Å². The maximum Gasteiger partial charge on any atom is 0.384 e. The largest absolute Gasteiger partial charge is 0.493 e. The number of ether oxygens (including phenoxy) is 1. The molecular formula is C17H29NO4S. The predicted octanol–water partition coefficient (Wildman–Crippen LogP) is 4.00. The van der Waals surface area contributed by atoms with Crippen LogP contribution in [-0.4, -0.2) is 33.4 Å². The van der Waals surface area contributed by atoms with E-state index in [2.05, 4.69) is 6.92 Å². The Morgan fingerprint density at radius 3 is 2.22 bits per heavy atom. The molecule has 0 fully saturated rings. The van der Waals surface area contributed by atoms with Crippen molar-refractivity contribution in [1.29, 1.82) is 0 Å². The average molecular weight is 343 g/mol. The smallest absolute Gasteiger partial charge is 0.384 e. The Kier molecular flexibility index (Phi) is 9.02. The van der Waals surface area contributed by atoms with Gasteiger partial charge in [0, 0.05) is 20.2 Å². The molecule has 0 heterocycles. The molecule has 0 spiro atoms. The molecule has 0 aliphatic rings. The van der Waals surface area contributed by atoms with Crippen LogP contribution in [0.15, 0.2) is 24.3 Å². The van der Waals surface area contributed by atoms with Crippen LogP contribution in [0.4, 0.5) is 0 Å². The van der Waals surface area contributed by atoms with Crippen molar-refractivity contribution in [3.63, 3.8) is 0 Å². The summed E-state index contributed by atoms with van der Waals surface area (Å²) in [6, 6.07) is 6.72. The van der Waals surface area contributed by atoms with Gasteiger partial charge in [0.05, 0.1) is 6.61 Å². The van der Waals surface area contributed by atoms with E-state index in [4.69, 9.17) is 8.92 Å². The molecule has 0 saturated heterocycles. The molecule has 0 aliphatic carbocycles. The Balaban J connectivity index is 2.32. The highest BCUT2D eigenvalue weighted by Crippen LogP contribution is 2.21. The first-order valence-electron chi connectivity index (χ1n) is 8.30. The Hall–Kier alpha value is -1.27. The van der Waals surface area contributed by atoms with Crippen molar-refractivity contribution < 1.29 is 17.3 Å². The lowest BCUT2D eigenvalue weighted by Crippen LogP contribution is -2.27.